The second kappa shape index (κ2) is 7.98. The maximum atomic E-state index is 12.3. The van der Waals surface area contributed by atoms with Gasteiger partial charge in [0, 0.05) is 52.2 Å². The fourth-order valence-corrected chi connectivity index (χ4v) is 4.59. The van der Waals surface area contributed by atoms with Gasteiger partial charge in [0.1, 0.15) is 5.65 Å². The number of pyridine rings is 1. The zero-order valence-electron chi connectivity index (χ0n) is 16.3. The SMILES string of the molecule is COCCCN1CC2(CCC1=O)CCN(Cc1cn3ccccc3n1)CC2. The van der Waals surface area contributed by atoms with Crippen LogP contribution < -0.4 is 0 Å². The molecule has 0 N–H and O–H groups in total. The maximum absolute atomic E-state index is 12.3. The van der Waals surface area contributed by atoms with Crippen LogP contribution >= 0.6 is 0 Å². The first-order valence-corrected chi connectivity index (χ1v) is 10.1. The molecule has 146 valence electrons. The minimum absolute atomic E-state index is 0.316. The highest BCUT2D eigenvalue weighted by molar-refractivity contribution is 5.77. The van der Waals surface area contributed by atoms with Crippen LogP contribution in [0.1, 0.15) is 37.8 Å². The molecule has 6 heteroatoms. The first-order chi connectivity index (χ1) is 13.2. The molecule has 0 saturated carbocycles. The van der Waals surface area contributed by atoms with Gasteiger partial charge in [-0.05, 0) is 56.3 Å². The fraction of sp³-hybridized carbons (Fsp3) is 0.619. The Morgan fingerprint density at radius 2 is 2.07 bits per heavy atom. The molecule has 1 spiro atoms. The van der Waals surface area contributed by atoms with E-state index in [-0.39, 0.29) is 0 Å². The van der Waals surface area contributed by atoms with E-state index >= 15 is 0 Å². The molecular weight excluding hydrogens is 340 g/mol. The molecule has 0 bridgehead atoms. The molecule has 1 amide bonds. The van der Waals surface area contributed by atoms with Crippen molar-refractivity contribution in [1.82, 2.24) is 19.2 Å². The van der Waals surface area contributed by atoms with E-state index in [0.717, 1.165) is 63.5 Å². The van der Waals surface area contributed by atoms with Crippen LogP contribution in [0.5, 0.6) is 0 Å². The van der Waals surface area contributed by atoms with Gasteiger partial charge in [0.2, 0.25) is 5.91 Å². The number of piperidine rings is 2. The molecular formula is C21H30N4O2. The maximum Gasteiger partial charge on any atom is 0.222 e. The monoisotopic (exact) mass is 370 g/mol. The topological polar surface area (TPSA) is 50.1 Å². The smallest absolute Gasteiger partial charge is 0.222 e. The summed E-state index contributed by atoms with van der Waals surface area (Å²) in [6.07, 6.45) is 9.22. The first-order valence-electron chi connectivity index (χ1n) is 10.1. The van der Waals surface area contributed by atoms with E-state index in [0.29, 0.717) is 17.7 Å². The summed E-state index contributed by atoms with van der Waals surface area (Å²) in [5.41, 5.74) is 2.46. The predicted octanol–water partition coefficient (Wildman–Crippen LogP) is 2.58. The lowest BCUT2D eigenvalue weighted by molar-refractivity contribution is -0.139. The Balaban J connectivity index is 1.33. The van der Waals surface area contributed by atoms with E-state index in [4.69, 9.17) is 9.72 Å². The van der Waals surface area contributed by atoms with Gasteiger partial charge >= 0.3 is 0 Å². The van der Waals surface area contributed by atoms with Crippen LogP contribution in [0.25, 0.3) is 5.65 Å². The molecule has 2 aliphatic rings. The van der Waals surface area contributed by atoms with E-state index in [1.54, 1.807) is 7.11 Å². The van der Waals surface area contributed by atoms with Crippen molar-refractivity contribution in [2.75, 3.05) is 39.9 Å². The van der Waals surface area contributed by atoms with Crippen molar-refractivity contribution in [2.45, 2.75) is 38.6 Å². The number of nitrogens with zero attached hydrogens (tertiary/aromatic N) is 4. The number of hydrogen-bond acceptors (Lipinski definition) is 4. The van der Waals surface area contributed by atoms with Gasteiger partial charge in [0.25, 0.3) is 0 Å². The molecule has 4 rings (SSSR count). The van der Waals surface area contributed by atoms with Crippen LogP contribution in [0.3, 0.4) is 0 Å². The second-order valence-electron chi connectivity index (χ2n) is 8.14. The number of carbonyl (C=O) groups excluding carboxylic acids is 1. The van der Waals surface area contributed by atoms with Crippen molar-refractivity contribution >= 4 is 11.6 Å². The lowest BCUT2D eigenvalue weighted by atomic mass is 9.72. The van der Waals surface area contributed by atoms with Crippen LogP contribution in [0.4, 0.5) is 0 Å². The molecule has 0 atom stereocenters. The van der Waals surface area contributed by atoms with Crippen LogP contribution in [-0.4, -0.2) is 65.0 Å². The molecule has 2 aromatic rings. The number of likely N-dealkylation sites (tertiary alicyclic amines) is 2. The van der Waals surface area contributed by atoms with Gasteiger partial charge in [-0.2, -0.15) is 0 Å². The van der Waals surface area contributed by atoms with E-state index in [1.165, 1.54) is 12.8 Å². The van der Waals surface area contributed by atoms with E-state index in [9.17, 15) is 4.79 Å². The number of ether oxygens (including phenoxy) is 1. The number of carbonyl (C=O) groups is 1. The van der Waals surface area contributed by atoms with Gasteiger partial charge in [-0.3, -0.25) is 9.69 Å². The lowest BCUT2D eigenvalue weighted by Crippen LogP contribution is -2.51. The summed E-state index contributed by atoms with van der Waals surface area (Å²) >= 11 is 0. The highest BCUT2D eigenvalue weighted by Gasteiger charge is 2.40. The predicted molar refractivity (Wildman–Crippen MR) is 104 cm³/mol. The molecule has 2 aliphatic heterocycles. The third-order valence-corrected chi connectivity index (χ3v) is 6.24. The van der Waals surface area contributed by atoms with Crippen LogP contribution in [0, 0.1) is 5.41 Å². The lowest BCUT2D eigenvalue weighted by Gasteiger charge is -2.47. The third-order valence-electron chi connectivity index (χ3n) is 6.24. The average molecular weight is 370 g/mol. The molecule has 6 nitrogen and oxygen atoms in total. The summed E-state index contributed by atoms with van der Waals surface area (Å²) in [5, 5.41) is 0. The standard InChI is InChI=1S/C21H30N4O2/c1-27-14-4-11-25-17-21(7-6-20(25)26)8-12-23(13-9-21)15-18-16-24-10-3-2-5-19(24)22-18/h2-3,5,10,16H,4,6-9,11-15,17H2,1H3. The van der Waals surface area contributed by atoms with Gasteiger partial charge in [-0.1, -0.05) is 6.07 Å². The summed E-state index contributed by atoms with van der Waals surface area (Å²) in [7, 11) is 1.72. The zero-order valence-corrected chi connectivity index (χ0v) is 16.3. The highest BCUT2D eigenvalue weighted by Crippen LogP contribution is 2.40. The summed E-state index contributed by atoms with van der Waals surface area (Å²) in [6, 6.07) is 6.11. The minimum atomic E-state index is 0.316. The highest BCUT2D eigenvalue weighted by atomic mass is 16.5. The Labute approximate surface area is 161 Å². The Hall–Kier alpha value is -1.92. The average Bonchev–Trinajstić information content (AvgIpc) is 3.09. The summed E-state index contributed by atoms with van der Waals surface area (Å²) in [6.45, 7) is 5.58. The van der Waals surface area contributed by atoms with Gasteiger partial charge in [-0.15, -0.1) is 0 Å². The molecule has 0 radical (unpaired) electrons. The number of hydrogen-bond donors (Lipinski definition) is 0. The Morgan fingerprint density at radius 1 is 1.22 bits per heavy atom. The molecule has 2 saturated heterocycles. The quantitative estimate of drug-likeness (QED) is 0.734. The van der Waals surface area contributed by atoms with E-state index in [1.807, 2.05) is 24.4 Å². The summed E-state index contributed by atoms with van der Waals surface area (Å²) in [4.78, 5) is 21.6. The van der Waals surface area contributed by atoms with Gasteiger partial charge in [0.15, 0.2) is 0 Å². The van der Waals surface area contributed by atoms with Crippen molar-refractivity contribution in [1.29, 1.82) is 0 Å². The van der Waals surface area contributed by atoms with Crippen molar-refractivity contribution in [3.05, 3.63) is 36.3 Å². The van der Waals surface area contributed by atoms with Crippen LogP contribution in [0.15, 0.2) is 30.6 Å². The second-order valence-corrected chi connectivity index (χ2v) is 8.14. The number of imidazole rings is 1. The van der Waals surface area contributed by atoms with E-state index in [2.05, 4.69) is 20.4 Å². The van der Waals surface area contributed by atoms with Crippen molar-refractivity contribution in [3.63, 3.8) is 0 Å². The van der Waals surface area contributed by atoms with Gasteiger partial charge < -0.3 is 14.0 Å². The van der Waals surface area contributed by atoms with Crippen molar-refractivity contribution in [3.8, 4) is 0 Å². The summed E-state index contributed by atoms with van der Waals surface area (Å²) in [5.74, 6) is 0.323. The number of rotatable bonds is 6. The van der Waals surface area contributed by atoms with Gasteiger partial charge in [0.05, 0.1) is 5.69 Å². The molecule has 2 aromatic heterocycles. The van der Waals surface area contributed by atoms with Crippen molar-refractivity contribution in [2.24, 2.45) is 5.41 Å². The van der Waals surface area contributed by atoms with Crippen LogP contribution in [0.2, 0.25) is 0 Å². The number of amides is 1. The molecule has 0 aliphatic carbocycles. The number of fused-ring (bicyclic) bond motifs is 1. The Kier molecular flexibility index (Phi) is 5.45. The molecule has 2 fully saturated rings. The number of methoxy groups -OCH3 is 1. The fourth-order valence-electron chi connectivity index (χ4n) is 4.59. The number of aromatic nitrogens is 2. The minimum Gasteiger partial charge on any atom is -0.385 e. The van der Waals surface area contributed by atoms with Crippen LogP contribution in [-0.2, 0) is 16.1 Å². The Morgan fingerprint density at radius 3 is 2.85 bits per heavy atom. The van der Waals surface area contributed by atoms with Gasteiger partial charge in [-0.25, -0.2) is 4.98 Å². The summed E-state index contributed by atoms with van der Waals surface area (Å²) < 4.78 is 7.23. The molecule has 27 heavy (non-hydrogen) atoms. The molecule has 0 unspecified atom stereocenters. The largest absolute Gasteiger partial charge is 0.385 e. The van der Waals surface area contributed by atoms with Crippen molar-refractivity contribution < 1.29 is 9.53 Å². The normalized spacial score (nSPS) is 20.6. The zero-order chi connectivity index (χ0) is 18.7. The Bertz CT molecular complexity index is 746. The third kappa shape index (κ3) is 4.17. The van der Waals surface area contributed by atoms with E-state index < -0.39 is 0 Å². The molecule has 4 heterocycles. The first kappa shape index (κ1) is 18.4. The molecule has 0 aromatic carbocycles.